The number of alkyl halides is 3. The maximum absolute atomic E-state index is 12.1. The highest BCUT2D eigenvalue weighted by atomic mass is 19.4. The van der Waals surface area contributed by atoms with Crippen LogP contribution in [-0.4, -0.2) is 18.9 Å². The summed E-state index contributed by atoms with van der Waals surface area (Å²) < 4.78 is 45.0. The zero-order valence-corrected chi connectivity index (χ0v) is 11.4. The van der Waals surface area contributed by atoms with Crippen LogP contribution < -0.4 is 4.74 Å². The van der Waals surface area contributed by atoms with Crippen molar-refractivity contribution >= 4 is 11.5 Å². The summed E-state index contributed by atoms with van der Waals surface area (Å²) in [5.41, 5.74) is 1.51. The lowest BCUT2D eigenvalue weighted by Crippen LogP contribution is -2.17. The van der Waals surface area contributed by atoms with E-state index in [2.05, 4.69) is 4.74 Å². The molecule has 21 heavy (non-hydrogen) atoms. The predicted octanol–water partition coefficient (Wildman–Crippen LogP) is 3.94. The van der Waals surface area contributed by atoms with Gasteiger partial charge in [0.25, 0.3) is 0 Å². The van der Waals surface area contributed by atoms with E-state index in [0.717, 1.165) is 18.4 Å². The highest BCUT2D eigenvalue weighted by Gasteiger charge is 2.31. The van der Waals surface area contributed by atoms with Gasteiger partial charge in [-0.15, -0.1) is 13.2 Å². The first-order valence-corrected chi connectivity index (χ1v) is 6.63. The zero-order valence-electron chi connectivity index (χ0n) is 11.4. The average Bonchev–Trinajstić information content (AvgIpc) is 3.20. The SMILES string of the molecule is CCOC(=O)C=C(c1ccc(OC(F)(F)F)cc1)C1CC1. The Morgan fingerprint density at radius 1 is 1.29 bits per heavy atom. The Hall–Kier alpha value is -1.98. The second kappa shape index (κ2) is 6.20. The average molecular weight is 300 g/mol. The van der Waals surface area contributed by atoms with E-state index < -0.39 is 12.3 Å². The lowest BCUT2D eigenvalue weighted by molar-refractivity contribution is -0.274. The lowest BCUT2D eigenvalue weighted by Gasteiger charge is -2.10. The van der Waals surface area contributed by atoms with Crippen molar-refractivity contribution in [1.29, 1.82) is 0 Å². The van der Waals surface area contributed by atoms with Crippen LogP contribution in [0.2, 0.25) is 0 Å². The number of ether oxygens (including phenoxy) is 2. The molecule has 0 atom stereocenters. The maximum Gasteiger partial charge on any atom is 0.573 e. The molecule has 6 heteroatoms. The topological polar surface area (TPSA) is 35.5 Å². The van der Waals surface area contributed by atoms with Crippen molar-refractivity contribution in [3.05, 3.63) is 35.9 Å². The Morgan fingerprint density at radius 3 is 2.38 bits per heavy atom. The minimum absolute atomic E-state index is 0.267. The van der Waals surface area contributed by atoms with Gasteiger partial charge in [-0.3, -0.25) is 0 Å². The number of benzene rings is 1. The van der Waals surface area contributed by atoms with Crippen LogP contribution in [0.15, 0.2) is 30.3 Å². The van der Waals surface area contributed by atoms with Crippen LogP contribution in [0.3, 0.4) is 0 Å². The van der Waals surface area contributed by atoms with Gasteiger partial charge in [0.1, 0.15) is 5.75 Å². The van der Waals surface area contributed by atoms with E-state index in [1.54, 1.807) is 6.92 Å². The minimum Gasteiger partial charge on any atom is -0.463 e. The quantitative estimate of drug-likeness (QED) is 0.610. The summed E-state index contributed by atoms with van der Waals surface area (Å²) in [5, 5.41) is 0. The van der Waals surface area contributed by atoms with Crippen LogP contribution in [0.4, 0.5) is 13.2 Å². The van der Waals surface area contributed by atoms with Gasteiger partial charge in [-0.2, -0.15) is 0 Å². The number of hydrogen-bond donors (Lipinski definition) is 0. The molecule has 0 bridgehead atoms. The molecule has 1 aliphatic carbocycles. The monoisotopic (exact) mass is 300 g/mol. The first kappa shape index (κ1) is 15.4. The number of hydrogen-bond acceptors (Lipinski definition) is 3. The Kier molecular flexibility index (Phi) is 4.55. The molecule has 0 aromatic heterocycles. The summed E-state index contributed by atoms with van der Waals surface area (Å²) in [5.74, 6) is -0.448. The third-order valence-electron chi connectivity index (χ3n) is 3.00. The molecule has 0 saturated heterocycles. The Bertz CT molecular complexity index is 528. The van der Waals surface area contributed by atoms with Crippen molar-refractivity contribution in [1.82, 2.24) is 0 Å². The second-order valence-corrected chi connectivity index (χ2v) is 4.70. The number of carbonyl (C=O) groups is 1. The van der Waals surface area contributed by atoms with Gasteiger partial charge >= 0.3 is 12.3 Å². The van der Waals surface area contributed by atoms with Crippen molar-refractivity contribution < 1.29 is 27.4 Å². The molecule has 0 N–H and O–H groups in total. The number of allylic oxidation sites excluding steroid dienone is 1. The van der Waals surface area contributed by atoms with Crippen LogP contribution >= 0.6 is 0 Å². The van der Waals surface area contributed by atoms with E-state index in [4.69, 9.17) is 4.74 Å². The molecule has 1 saturated carbocycles. The number of esters is 1. The lowest BCUT2D eigenvalue weighted by atomic mass is 10.0. The Labute approximate surface area is 120 Å². The van der Waals surface area contributed by atoms with Crippen LogP contribution in [0.5, 0.6) is 5.75 Å². The number of rotatable bonds is 5. The van der Waals surface area contributed by atoms with Crippen molar-refractivity contribution in [2.45, 2.75) is 26.1 Å². The predicted molar refractivity (Wildman–Crippen MR) is 70.5 cm³/mol. The van der Waals surface area contributed by atoms with Gasteiger partial charge < -0.3 is 9.47 Å². The molecule has 0 radical (unpaired) electrons. The zero-order chi connectivity index (χ0) is 15.5. The summed E-state index contributed by atoms with van der Waals surface area (Å²) in [6, 6.07) is 5.52. The standard InChI is InChI=1S/C15H15F3O3/c1-2-20-14(19)9-13(10-3-4-10)11-5-7-12(8-6-11)21-15(16,17)18/h5-10H,2-4H2,1H3. The fraction of sp³-hybridized carbons (Fsp3) is 0.400. The molecule has 0 heterocycles. The molecule has 3 nitrogen and oxygen atoms in total. The van der Waals surface area contributed by atoms with Crippen molar-refractivity contribution in [3.63, 3.8) is 0 Å². The fourth-order valence-electron chi connectivity index (χ4n) is 1.99. The largest absolute Gasteiger partial charge is 0.573 e. The van der Waals surface area contributed by atoms with E-state index in [9.17, 15) is 18.0 Å². The van der Waals surface area contributed by atoms with E-state index in [1.807, 2.05) is 0 Å². The van der Waals surface area contributed by atoms with Gasteiger partial charge in [0.15, 0.2) is 0 Å². The summed E-state index contributed by atoms with van der Waals surface area (Å²) in [4.78, 5) is 11.5. The smallest absolute Gasteiger partial charge is 0.463 e. The van der Waals surface area contributed by atoms with Crippen molar-refractivity contribution in [3.8, 4) is 5.75 Å². The molecular weight excluding hydrogens is 285 g/mol. The van der Waals surface area contributed by atoms with E-state index in [1.165, 1.54) is 30.3 Å². The van der Waals surface area contributed by atoms with Gasteiger partial charge in [0, 0.05) is 6.08 Å². The fourth-order valence-corrected chi connectivity index (χ4v) is 1.99. The van der Waals surface area contributed by atoms with Gasteiger partial charge in [-0.05, 0) is 49.0 Å². The summed E-state index contributed by atoms with van der Waals surface area (Å²) in [6.45, 7) is 2.00. The second-order valence-electron chi connectivity index (χ2n) is 4.70. The highest BCUT2D eigenvalue weighted by molar-refractivity contribution is 5.92. The summed E-state index contributed by atoms with van der Waals surface area (Å²) >= 11 is 0. The molecular formula is C15H15F3O3. The Morgan fingerprint density at radius 2 is 1.90 bits per heavy atom. The third-order valence-corrected chi connectivity index (χ3v) is 3.00. The first-order chi connectivity index (χ1) is 9.89. The molecule has 0 aliphatic heterocycles. The van der Waals surface area contributed by atoms with Gasteiger partial charge in [0.2, 0.25) is 0 Å². The molecule has 0 spiro atoms. The van der Waals surface area contributed by atoms with Crippen LogP contribution in [0.25, 0.3) is 5.57 Å². The van der Waals surface area contributed by atoms with Crippen molar-refractivity contribution in [2.75, 3.05) is 6.61 Å². The summed E-state index contributed by atoms with van der Waals surface area (Å²) in [6.07, 6.45) is -1.36. The van der Waals surface area contributed by atoms with Gasteiger partial charge in [0.05, 0.1) is 6.61 Å². The normalized spacial score (nSPS) is 15.7. The van der Waals surface area contributed by atoms with Gasteiger partial charge in [-0.1, -0.05) is 12.1 Å². The molecule has 114 valence electrons. The van der Waals surface area contributed by atoms with Crippen LogP contribution in [0.1, 0.15) is 25.3 Å². The number of carbonyl (C=O) groups excluding carboxylic acids is 1. The van der Waals surface area contributed by atoms with Crippen LogP contribution in [-0.2, 0) is 9.53 Å². The van der Waals surface area contributed by atoms with Crippen LogP contribution in [0, 0.1) is 5.92 Å². The van der Waals surface area contributed by atoms with E-state index in [0.29, 0.717) is 5.56 Å². The molecule has 1 aromatic carbocycles. The third kappa shape index (κ3) is 4.81. The molecule has 1 aromatic rings. The molecule has 1 aliphatic rings. The molecule has 0 amide bonds. The summed E-state index contributed by atoms with van der Waals surface area (Å²) in [7, 11) is 0. The highest BCUT2D eigenvalue weighted by Crippen LogP contribution is 2.42. The number of halogens is 3. The molecule has 0 unspecified atom stereocenters. The molecule has 1 fully saturated rings. The first-order valence-electron chi connectivity index (χ1n) is 6.63. The van der Waals surface area contributed by atoms with E-state index in [-0.39, 0.29) is 18.3 Å². The minimum atomic E-state index is -4.71. The van der Waals surface area contributed by atoms with E-state index >= 15 is 0 Å². The van der Waals surface area contributed by atoms with Crippen molar-refractivity contribution in [2.24, 2.45) is 5.92 Å². The van der Waals surface area contributed by atoms with Gasteiger partial charge in [-0.25, -0.2) is 4.79 Å². The maximum atomic E-state index is 12.1. The Balaban J connectivity index is 2.16. The molecule has 2 rings (SSSR count).